The van der Waals surface area contributed by atoms with Gasteiger partial charge in [0, 0.05) is 12.4 Å². The highest BCUT2D eigenvalue weighted by molar-refractivity contribution is 6.29. The number of anilines is 1. The second-order valence-corrected chi connectivity index (χ2v) is 3.90. The van der Waals surface area contributed by atoms with Gasteiger partial charge >= 0.3 is 0 Å². The molecule has 2 aromatic heterocycles. The molecule has 4 nitrogen and oxygen atoms in total. The van der Waals surface area contributed by atoms with E-state index >= 15 is 0 Å². The minimum absolute atomic E-state index is 0.231. The molecule has 0 fully saturated rings. The zero-order chi connectivity index (χ0) is 12.3. The van der Waals surface area contributed by atoms with Crippen LogP contribution >= 0.6 is 11.6 Å². The fraction of sp³-hybridized carbons (Fsp3) is 0.0833. The van der Waals surface area contributed by atoms with Crippen molar-refractivity contribution >= 4 is 23.2 Å². The molecule has 0 saturated carbocycles. The van der Waals surface area contributed by atoms with Crippen LogP contribution in [-0.2, 0) is 0 Å². The van der Waals surface area contributed by atoms with E-state index in [0.29, 0.717) is 16.4 Å². The van der Waals surface area contributed by atoms with E-state index in [1.165, 1.54) is 6.20 Å². The molecule has 0 aliphatic rings. The zero-order valence-electron chi connectivity index (χ0n) is 9.14. The van der Waals surface area contributed by atoms with Crippen LogP contribution in [0.4, 0.5) is 5.69 Å². The minimum Gasteiger partial charge on any atom is -0.320 e. The number of nitrogens with zero attached hydrogens (tertiary/aromatic N) is 2. The Morgan fingerprint density at radius 3 is 2.76 bits per heavy atom. The third-order valence-electron chi connectivity index (χ3n) is 2.28. The molecule has 5 heteroatoms. The van der Waals surface area contributed by atoms with E-state index in [4.69, 9.17) is 11.6 Å². The molecular formula is C12H10ClN3O. The lowest BCUT2D eigenvalue weighted by Crippen LogP contribution is -2.13. The van der Waals surface area contributed by atoms with Gasteiger partial charge in [-0.2, -0.15) is 0 Å². The molecule has 0 aliphatic heterocycles. The van der Waals surface area contributed by atoms with Crippen molar-refractivity contribution in [2.45, 2.75) is 6.92 Å². The van der Waals surface area contributed by atoms with Gasteiger partial charge in [0.15, 0.2) is 0 Å². The third kappa shape index (κ3) is 2.79. The molecule has 86 valence electrons. The maximum absolute atomic E-state index is 11.9. The van der Waals surface area contributed by atoms with Gasteiger partial charge in [0.2, 0.25) is 0 Å². The number of aryl methyl sites for hydroxylation is 1. The third-order valence-corrected chi connectivity index (χ3v) is 2.50. The average Bonchev–Trinajstić information content (AvgIpc) is 2.33. The molecule has 0 aliphatic carbocycles. The average molecular weight is 248 g/mol. The van der Waals surface area contributed by atoms with Crippen molar-refractivity contribution in [2.75, 3.05) is 5.32 Å². The van der Waals surface area contributed by atoms with E-state index in [1.807, 2.05) is 13.0 Å². The summed E-state index contributed by atoms with van der Waals surface area (Å²) in [4.78, 5) is 19.7. The first-order valence-electron chi connectivity index (χ1n) is 5.00. The summed E-state index contributed by atoms with van der Waals surface area (Å²) in [5.41, 5.74) is 2.10. The Hall–Kier alpha value is -1.94. The molecule has 0 unspecified atom stereocenters. The molecule has 0 bridgehead atoms. The summed E-state index contributed by atoms with van der Waals surface area (Å²) in [5.74, 6) is -0.231. The van der Waals surface area contributed by atoms with Crippen molar-refractivity contribution in [3.05, 3.63) is 53.1 Å². The lowest BCUT2D eigenvalue weighted by atomic mass is 10.2. The van der Waals surface area contributed by atoms with E-state index < -0.39 is 0 Å². The summed E-state index contributed by atoms with van der Waals surface area (Å²) in [6.07, 6.45) is 4.72. The van der Waals surface area contributed by atoms with Crippen LogP contribution in [-0.4, -0.2) is 15.9 Å². The largest absolute Gasteiger partial charge is 0.320 e. The monoisotopic (exact) mass is 247 g/mol. The Morgan fingerprint density at radius 1 is 1.29 bits per heavy atom. The summed E-state index contributed by atoms with van der Waals surface area (Å²) >= 11 is 5.65. The second-order valence-electron chi connectivity index (χ2n) is 3.51. The van der Waals surface area contributed by atoms with Gasteiger partial charge in [0.25, 0.3) is 5.91 Å². The fourth-order valence-electron chi connectivity index (χ4n) is 1.30. The second kappa shape index (κ2) is 4.93. The van der Waals surface area contributed by atoms with Crippen molar-refractivity contribution in [3.63, 3.8) is 0 Å². The van der Waals surface area contributed by atoms with Gasteiger partial charge in [-0.25, -0.2) is 4.98 Å². The number of halogens is 1. The van der Waals surface area contributed by atoms with Crippen molar-refractivity contribution in [2.24, 2.45) is 0 Å². The van der Waals surface area contributed by atoms with E-state index in [2.05, 4.69) is 15.3 Å². The minimum atomic E-state index is -0.231. The van der Waals surface area contributed by atoms with E-state index in [-0.39, 0.29) is 5.91 Å². The van der Waals surface area contributed by atoms with Crippen molar-refractivity contribution < 1.29 is 4.79 Å². The van der Waals surface area contributed by atoms with Gasteiger partial charge in [0.05, 0.1) is 17.4 Å². The van der Waals surface area contributed by atoms with Crippen LogP contribution in [0.1, 0.15) is 15.9 Å². The molecule has 2 aromatic rings. The van der Waals surface area contributed by atoms with Crippen molar-refractivity contribution in [1.82, 2.24) is 9.97 Å². The molecule has 2 heterocycles. The lowest BCUT2D eigenvalue weighted by molar-refractivity contribution is 0.102. The van der Waals surface area contributed by atoms with Gasteiger partial charge in [-0.3, -0.25) is 9.78 Å². The highest BCUT2D eigenvalue weighted by atomic mass is 35.5. The van der Waals surface area contributed by atoms with Crippen molar-refractivity contribution in [1.29, 1.82) is 0 Å². The van der Waals surface area contributed by atoms with Gasteiger partial charge in [-0.05, 0) is 30.7 Å². The van der Waals surface area contributed by atoms with Crippen LogP contribution in [0.3, 0.4) is 0 Å². The Kier molecular flexibility index (Phi) is 3.35. The maximum atomic E-state index is 11.9. The van der Waals surface area contributed by atoms with Crippen LogP contribution in [0.25, 0.3) is 0 Å². The number of amides is 1. The number of nitrogens with one attached hydrogen (secondary N) is 1. The van der Waals surface area contributed by atoms with Crippen LogP contribution in [0, 0.1) is 6.92 Å². The summed E-state index contributed by atoms with van der Waals surface area (Å²) < 4.78 is 0. The highest BCUT2D eigenvalue weighted by Gasteiger charge is 2.07. The number of carbonyl (C=O) groups is 1. The number of pyridine rings is 2. The van der Waals surface area contributed by atoms with Gasteiger partial charge in [0.1, 0.15) is 5.15 Å². The van der Waals surface area contributed by atoms with Crippen LogP contribution in [0.2, 0.25) is 5.15 Å². The zero-order valence-corrected chi connectivity index (χ0v) is 9.90. The molecule has 0 spiro atoms. The summed E-state index contributed by atoms with van der Waals surface area (Å²) in [5, 5.41) is 3.12. The normalized spacial score (nSPS) is 10.0. The number of hydrogen-bond acceptors (Lipinski definition) is 3. The van der Waals surface area contributed by atoms with E-state index in [9.17, 15) is 4.79 Å². The first-order valence-corrected chi connectivity index (χ1v) is 5.38. The van der Waals surface area contributed by atoms with Gasteiger partial charge in [-0.15, -0.1) is 0 Å². The van der Waals surface area contributed by atoms with Crippen LogP contribution in [0.5, 0.6) is 0 Å². The van der Waals surface area contributed by atoms with Gasteiger partial charge in [-0.1, -0.05) is 11.6 Å². The Bertz CT molecular complexity index is 540. The topological polar surface area (TPSA) is 54.9 Å². The number of hydrogen-bond donors (Lipinski definition) is 1. The smallest absolute Gasteiger partial charge is 0.257 e. The molecular weight excluding hydrogens is 238 g/mol. The van der Waals surface area contributed by atoms with E-state index in [0.717, 1.165) is 5.56 Å². The first-order chi connectivity index (χ1) is 8.16. The highest BCUT2D eigenvalue weighted by Crippen LogP contribution is 2.13. The molecule has 0 radical (unpaired) electrons. The molecule has 17 heavy (non-hydrogen) atoms. The van der Waals surface area contributed by atoms with E-state index in [1.54, 1.807) is 24.5 Å². The maximum Gasteiger partial charge on any atom is 0.257 e. The predicted molar refractivity (Wildman–Crippen MR) is 66.2 cm³/mol. The first kappa shape index (κ1) is 11.5. The Balaban J connectivity index is 2.17. The molecule has 0 atom stereocenters. The SMILES string of the molecule is Cc1ccncc1NC(=O)c1ccc(Cl)nc1. The molecule has 0 aromatic carbocycles. The number of carbonyl (C=O) groups excluding carboxylic acids is 1. The predicted octanol–water partition coefficient (Wildman–Crippen LogP) is 2.69. The molecule has 1 N–H and O–H groups in total. The molecule has 0 saturated heterocycles. The van der Waals surface area contributed by atoms with Crippen LogP contribution in [0.15, 0.2) is 36.8 Å². The van der Waals surface area contributed by atoms with Crippen molar-refractivity contribution in [3.8, 4) is 0 Å². The number of rotatable bonds is 2. The quantitative estimate of drug-likeness (QED) is 0.830. The Labute approximate surface area is 104 Å². The summed E-state index contributed by atoms with van der Waals surface area (Å²) in [6.45, 7) is 1.90. The standard InChI is InChI=1S/C12H10ClN3O/c1-8-4-5-14-7-10(8)16-12(17)9-2-3-11(13)15-6-9/h2-7H,1H3,(H,16,17). The molecule has 2 rings (SSSR count). The number of aromatic nitrogens is 2. The lowest BCUT2D eigenvalue weighted by Gasteiger charge is -2.06. The fourth-order valence-corrected chi connectivity index (χ4v) is 1.41. The summed E-state index contributed by atoms with van der Waals surface area (Å²) in [7, 11) is 0. The van der Waals surface area contributed by atoms with Crippen LogP contribution < -0.4 is 5.32 Å². The molecule has 1 amide bonds. The Morgan fingerprint density at radius 2 is 2.12 bits per heavy atom. The van der Waals surface area contributed by atoms with Gasteiger partial charge < -0.3 is 5.32 Å². The summed E-state index contributed by atoms with van der Waals surface area (Å²) in [6, 6.07) is 5.03.